The van der Waals surface area contributed by atoms with Gasteiger partial charge >= 0.3 is 0 Å². The fourth-order valence-electron chi connectivity index (χ4n) is 0.330. The van der Waals surface area contributed by atoms with E-state index in [9.17, 15) is 0 Å². The van der Waals surface area contributed by atoms with E-state index in [2.05, 4.69) is 4.99 Å². The second-order valence-electron chi connectivity index (χ2n) is 1.52. The summed E-state index contributed by atoms with van der Waals surface area (Å²) in [4.78, 5) is 3.70. The lowest BCUT2D eigenvalue weighted by Crippen LogP contribution is -2.23. The lowest BCUT2D eigenvalue weighted by Gasteiger charge is -1.94. The Morgan fingerprint density at radius 2 is 1.75 bits per heavy atom. The van der Waals surface area contributed by atoms with Crippen molar-refractivity contribution in [2.45, 2.75) is 0 Å². The molecular weight excluding hydrogens is 310 g/mol. The maximum absolute atomic E-state index is 6.81. The van der Waals surface area contributed by atoms with Gasteiger partial charge in [0.05, 0.1) is 6.54 Å². The number of halogens is 2. The summed E-state index contributed by atoms with van der Waals surface area (Å²) in [6.07, 6.45) is 0. The van der Waals surface area contributed by atoms with Crippen LogP contribution >= 0.6 is 45.7 Å². The zero-order valence-electron chi connectivity index (χ0n) is 6.32. The maximum atomic E-state index is 6.81. The Balaban J connectivity index is -0.000000405. The van der Waals surface area contributed by atoms with Gasteiger partial charge in [0.25, 0.3) is 0 Å². The molecule has 0 aliphatic heterocycles. The molecule has 0 amide bonds. The van der Waals surface area contributed by atoms with Gasteiger partial charge in [-0.05, 0) is 0 Å². The van der Waals surface area contributed by atoms with Crippen LogP contribution in [-0.2, 0) is 0 Å². The molecule has 0 radical (unpaired) electrons. The predicted octanol–water partition coefficient (Wildman–Crippen LogP) is 0.0423. The first-order chi connectivity index (χ1) is 4.63. The molecule has 0 aromatic carbocycles. The van der Waals surface area contributed by atoms with Crippen molar-refractivity contribution in [3.8, 4) is 0 Å². The number of nitrogens with two attached hydrogens (primary N) is 3. The van der Waals surface area contributed by atoms with E-state index >= 15 is 0 Å². The standard InChI is InChI=1S/C4H11N5S.2BrH/c5-3(6)9-1-2-10-4(7)8;;/h1-2H2,(H3,7,8)(H4,5,6,9);2*1H. The lowest BCUT2D eigenvalue weighted by atomic mass is 10.8. The van der Waals surface area contributed by atoms with Crippen molar-refractivity contribution in [2.75, 3.05) is 12.3 Å². The molecule has 74 valence electrons. The minimum atomic E-state index is 0. The third kappa shape index (κ3) is 16.6. The number of rotatable bonds is 3. The van der Waals surface area contributed by atoms with Crippen LogP contribution in [0.1, 0.15) is 0 Å². The van der Waals surface area contributed by atoms with Crippen molar-refractivity contribution in [1.29, 1.82) is 5.41 Å². The summed E-state index contributed by atoms with van der Waals surface area (Å²) < 4.78 is 0. The summed E-state index contributed by atoms with van der Waals surface area (Å²) in [5.74, 6) is 0.719. The molecule has 12 heavy (non-hydrogen) atoms. The number of nitrogens with zero attached hydrogens (tertiary/aromatic N) is 1. The van der Waals surface area contributed by atoms with Crippen molar-refractivity contribution in [1.82, 2.24) is 0 Å². The SMILES string of the molecule is Br.Br.N=C(N)SCCN=C(N)N. The average Bonchev–Trinajstić information content (AvgIpc) is 1.79. The van der Waals surface area contributed by atoms with E-state index in [1.807, 2.05) is 0 Å². The van der Waals surface area contributed by atoms with Gasteiger partial charge in [-0.15, -0.1) is 34.0 Å². The molecule has 0 rings (SSSR count). The molecule has 0 atom stereocenters. The van der Waals surface area contributed by atoms with Gasteiger partial charge in [-0.25, -0.2) is 0 Å². The number of thioether (sulfide) groups is 1. The third-order valence-corrected chi connectivity index (χ3v) is 1.34. The van der Waals surface area contributed by atoms with E-state index in [4.69, 9.17) is 22.6 Å². The molecule has 5 nitrogen and oxygen atoms in total. The fraction of sp³-hybridized carbons (Fsp3) is 0.500. The third-order valence-electron chi connectivity index (χ3n) is 0.643. The predicted molar refractivity (Wildman–Crippen MR) is 65.7 cm³/mol. The van der Waals surface area contributed by atoms with E-state index in [1.54, 1.807) is 0 Å². The van der Waals surface area contributed by atoms with Crippen molar-refractivity contribution in [3.05, 3.63) is 0 Å². The smallest absolute Gasteiger partial charge is 0.185 e. The maximum Gasteiger partial charge on any atom is 0.185 e. The zero-order valence-corrected chi connectivity index (χ0v) is 10.6. The molecule has 0 aromatic heterocycles. The van der Waals surface area contributed by atoms with Gasteiger partial charge < -0.3 is 17.2 Å². The molecule has 0 saturated heterocycles. The van der Waals surface area contributed by atoms with E-state index in [1.165, 1.54) is 11.8 Å². The Morgan fingerprint density at radius 3 is 2.08 bits per heavy atom. The largest absolute Gasteiger partial charge is 0.379 e. The summed E-state index contributed by atoms with van der Waals surface area (Å²) in [5.41, 5.74) is 15.1. The van der Waals surface area contributed by atoms with Crippen LogP contribution in [0.3, 0.4) is 0 Å². The monoisotopic (exact) mass is 321 g/mol. The fourth-order valence-corrected chi connectivity index (χ4v) is 0.733. The van der Waals surface area contributed by atoms with Crippen LogP contribution < -0.4 is 17.2 Å². The lowest BCUT2D eigenvalue weighted by molar-refractivity contribution is 1.13. The van der Waals surface area contributed by atoms with Crippen LogP contribution in [0.2, 0.25) is 0 Å². The minimum absolute atomic E-state index is 0. The molecule has 0 aliphatic rings. The van der Waals surface area contributed by atoms with Gasteiger partial charge in [0.2, 0.25) is 0 Å². The molecule has 7 N–H and O–H groups in total. The first-order valence-corrected chi connectivity index (χ1v) is 3.63. The van der Waals surface area contributed by atoms with Crippen LogP contribution in [0.5, 0.6) is 0 Å². The highest BCUT2D eigenvalue weighted by Gasteiger charge is 1.88. The van der Waals surface area contributed by atoms with E-state index in [0.717, 1.165) is 0 Å². The summed E-state index contributed by atoms with van der Waals surface area (Å²) in [6, 6.07) is 0. The number of nitrogens with one attached hydrogen (secondary N) is 1. The molecule has 0 aliphatic carbocycles. The van der Waals surface area contributed by atoms with Gasteiger partial charge in [-0.3, -0.25) is 10.4 Å². The van der Waals surface area contributed by atoms with Crippen LogP contribution in [0.15, 0.2) is 4.99 Å². The molecule has 0 bridgehead atoms. The molecule has 0 unspecified atom stereocenters. The molecule has 8 heteroatoms. The quantitative estimate of drug-likeness (QED) is 0.334. The molecule has 0 spiro atoms. The number of hydrogen-bond donors (Lipinski definition) is 4. The first-order valence-electron chi connectivity index (χ1n) is 2.65. The molecule has 0 heterocycles. The summed E-state index contributed by atoms with van der Waals surface area (Å²) in [6.45, 7) is 0.507. The number of aliphatic imine (C=N–C) groups is 1. The Labute approximate surface area is 96.6 Å². The highest BCUT2D eigenvalue weighted by molar-refractivity contribution is 8.93. The Bertz CT molecular complexity index is 146. The van der Waals surface area contributed by atoms with Crippen LogP contribution in [0.4, 0.5) is 0 Å². The second kappa shape index (κ2) is 11.1. The summed E-state index contributed by atoms with van der Waals surface area (Å²) in [7, 11) is 0. The van der Waals surface area contributed by atoms with Crippen LogP contribution in [-0.4, -0.2) is 23.4 Å². The number of amidine groups is 1. The van der Waals surface area contributed by atoms with Crippen LogP contribution in [0, 0.1) is 5.41 Å². The molecule has 0 aromatic rings. The number of hydrogen-bond acceptors (Lipinski definition) is 3. The molecular formula is C4H13Br2N5S. The second-order valence-corrected chi connectivity index (χ2v) is 2.66. The Hall–Kier alpha value is 0.0500. The normalized spacial score (nSPS) is 7.33. The van der Waals surface area contributed by atoms with Gasteiger partial charge in [0.1, 0.15) is 0 Å². The summed E-state index contributed by atoms with van der Waals surface area (Å²) in [5, 5.41) is 6.90. The molecule has 0 fully saturated rings. The van der Waals surface area contributed by atoms with Gasteiger partial charge in [0.15, 0.2) is 11.1 Å². The Kier molecular flexibility index (Phi) is 16.5. The van der Waals surface area contributed by atoms with Gasteiger partial charge in [0, 0.05) is 5.75 Å². The minimum Gasteiger partial charge on any atom is -0.379 e. The Morgan fingerprint density at radius 1 is 1.25 bits per heavy atom. The van der Waals surface area contributed by atoms with Gasteiger partial charge in [-0.1, -0.05) is 11.8 Å². The van der Waals surface area contributed by atoms with Crippen molar-refractivity contribution < 1.29 is 0 Å². The van der Waals surface area contributed by atoms with Crippen molar-refractivity contribution >= 4 is 56.9 Å². The van der Waals surface area contributed by atoms with E-state index in [-0.39, 0.29) is 45.1 Å². The first kappa shape index (κ1) is 18.0. The summed E-state index contributed by atoms with van der Waals surface area (Å²) >= 11 is 1.22. The van der Waals surface area contributed by atoms with E-state index < -0.39 is 0 Å². The zero-order chi connectivity index (χ0) is 7.98. The van der Waals surface area contributed by atoms with Crippen molar-refractivity contribution in [2.24, 2.45) is 22.2 Å². The van der Waals surface area contributed by atoms with Crippen molar-refractivity contribution in [3.63, 3.8) is 0 Å². The number of guanidine groups is 1. The van der Waals surface area contributed by atoms with Gasteiger partial charge in [-0.2, -0.15) is 0 Å². The highest BCUT2D eigenvalue weighted by Crippen LogP contribution is 1.95. The average molecular weight is 323 g/mol. The molecule has 0 saturated carbocycles. The van der Waals surface area contributed by atoms with Crippen LogP contribution in [0.25, 0.3) is 0 Å². The topological polar surface area (TPSA) is 114 Å². The van der Waals surface area contributed by atoms with E-state index in [0.29, 0.717) is 12.3 Å². The highest BCUT2D eigenvalue weighted by atomic mass is 79.9.